The third-order valence-corrected chi connectivity index (χ3v) is 27.6. The van der Waals surface area contributed by atoms with Gasteiger partial charge in [0.2, 0.25) is 46.0 Å². The van der Waals surface area contributed by atoms with E-state index in [1.54, 1.807) is 171 Å². The molecule has 3 fully saturated rings. The van der Waals surface area contributed by atoms with Crippen LogP contribution in [0.15, 0.2) is 209 Å². The van der Waals surface area contributed by atoms with Gasteiger partial charge in [-0.25, -0.2) is 52.8 Å². The summed E-state index contributed by atoms with van der Waals surface area (Å²) < 4.78 is 121. The van der Waals surface area contributed by atoms with Crippen molar-refractivity contribution >= 4 is 86.7 Å². The first-order valence-electron chi connectivity index (χ1n) is 44.0. The van der Waals surface area contributed by atoms with Crippen LogP contribution in [-0.4, -0.2) is 226 Å². The highest BCUT2D eigenvalue weighted by atomic mass is 32.2. The molecule has 0 saturated carbocycles. The maximum atomic E-state index is 14.4. The van der Waals surface area contributed by atoms with E-state index in [0.717, 1.165) is 0 Å². The normalized spacial score (nSPS) is 13.8. The molecule has 13 rings (SSSR count). The molecule has 0 aliphatic carbocycles. The number of nitrogens with zero attached hydrogens (tertiary/aromatic N) is 9. The van der Waals surface area contributed by atoms with Crippen LogP contribution in [0.3, 0.4) is 0 Å². The molecule has 9 N–H and O–H groups in total. The summed E-state index contributed by atoms with van der Waals surface area (Å²) in [7, 11) is -14.7. The number of benzene rings is 7. The Morgan fingerprint density at radius 2 is 0.669 bits per heavy atom. The van der Waals surface area contributed by atoms with Crippen molar-refractivity contribution < 1.29 is 57.6 Å². The molecule has 7 aromatic carbocycles. The molecule has 0 unspecified atom stereocenters. The number of rotatable bonds is 37. The smallest absolute Gasteiger partial charge is 0.334 e. The van der Waals surface area contributed by atoms with Crippen molar-refractivity contribution in [3.8, 4) is 50.8 Å². The van der Waals surface area contributed by atoms with Crippen LogP contribution < -0.4 is 62.5 Å². The van der Waals surface area contributed by atoms with Gasteiger partial charge in [-0.15, -0.1) is 0 Å². The third-order valence-electron chi connectivity index (χ3n) is 21.4. The molecule has 6 heterocycles. The molecule has 3 aliphatic heterocycles. The molecule has 3 aliphatic rings. The number of aromatic nitrogens is 6. The summed E-state index contributed by atoms with van der Waals surface area (Å²) in [5.41, 5.74) is 3.84. The van der Waals surface area contributed by atoms with Gasteiger partial charge in [0.1, 0.15) is 17.1 Å². The lowest BCUT2D eigenvalue weighted by Gasteiger charge is -2.28. The number of para-hydroxylation sites is 6. The molecule has 5 amide bonds. The fourth-order valence-corrected chi connectivity index (χ4v) is 20.5. The summed E-state index contributed by atoms with van der Waals surface area (Å²) in [5, 5.41) is 15.5. The first-order chi connectivity index (χ1) is 62.4. The lowest BCUT2D eigenvalue weighted by Crippen LogP contribution is -2.47. The molecular formula is C92H118N18O16S4. The van der Waals surface area contributed by atoms with Crippen LogP contribution >= 0.6 is 0 Å². The lowest BCUT2D eigenvalue weighted by molar-refractivity contribution is -0.121. The highest BCUT2D eigenvalue weighted by Gasteiger charge is 2.37. The zero-order valence-corrected chi connectivity index (χ0v) is 77.7. The van der Waals surface area contributed by atoms with Gasteiger partial charge in [0, 0.05) is 146 Å². The summed E-state index contributed by atoms with van der Waals surface area (Å²) in [4.78, 5) is 116. The fraction of sp³-hybridized carbons (Fsp3) is 0.391. The van der Waals surface area contributed by atoms with Crippen LogP contribution in [0.25, 0.3) is 50.8 Å². The highest BCUT2D eigenvalue weighted by molar-refractivity contribution is 7.93. The largest absolute Gasteiger partial charge is 0.354 e. The molecule has 10 aromatic rings. The quantitative estimate of drug-likeness (QED) is 0.0166. The second-order valence-corrected chi connectivity index (χ2v) is 39.8. The van der Waals surface area contributed by atoms with E-state index in [4.69, 9.17) is 0 Å². The Hall–Kier alpha value is -12.0. The minimum Gasteiger partial charge on any atom is -0.354 e. The van der Waals surface area contributed by atoms with Gasteiger partial charge >= 0.3 is 17.1 Å². The van der Waals surface area contributed by atoms with Crippen LogP contribution in [-0.2, 0) is 64.5 Å². The molecule has 38 heteroatoms. The van der Waals surface area contributed by atoms with Crippen molar-refractivity contribution in [2.45, 2.75) is 100 Å². The van der Waals surface area contributed by atoms with Crippen LogP contribution in [0.1, 0.15) is 122 Å². The Morgan fingerprint density at radius 1 is 0.362 bits per heavy atom. The van der Waals surface area contributed by atoms with E-state index in [0.29, 0.717) is 161 Å². The predicted molar refractivity (Wildman–Crippen MR) is 508 cm³/mol. The zero-order valence-electron chi connectivity index (χ0n) is 74.4. The first-order valence-corrected chi connectivity index (χ1v) is 50.6. The second-order valence-electron chi connectivity index (χ2n) is 32.4. The van der Waals surface area contributed by atoms with Gasteiger partial charge in [-0.2, -0.15) is 0 Å². The summed E-state index contributed by atoms with van der Waals surface area (Å²) in [5.74, 6) is -1.57. The summed E-state index contributed by atoms with van der Waals surface area (Å²) in [6.45, 7) is 19.7. The van der Waals surface area contributed by atoms with Crippen molar-refractivity contribution in [3.63, 3.8) is 0 Å². The van der Waals surface area contributed by atoms with E-state index >= 15 is 0 Å². The van der Waals surface area contributed by atoms with E-state index in [2.05, 4.69) is 45.5 Å². The van der Waals surface area contributed by atoms with Gasteiger partial charge in [-0.3, -0.25) is 65.5 Å². The number of carbonyl (C=O) groups excluding carboxylic acids is 5. The van der Waals surface area contributed by atoms with Crippen LogP contribution in [0.5, 0.6) is 0 Å². The van der Waals surface area contributed by atoms with Gasteiger partial charge < -0.3 is 41.3 Å². The van der Waals surface area contributed by atoms with Crippen molar-refractivity contribution in [1.29, 1.82) is 0 Å². The molecule has 0 radical (unpaired) electrons. The average molecular weight is 1860 g/mol. The van der Waals surface area contributed by atoms with E-state index in [1.165, 1.54) is 27.4 Å². The predicted octanol–water partition coefficient (Wildman–Crippen LogP) is 8.07. The molecule has 130 heavy (non-hydrogen) atoms. The average Bonchev–Trinajstić information content (AvgIpc) is 1.60. The monoisotopic (exact) mass is 1860 g/mol. The maximum Gasteiger partial charge on any atom is 0.334 e. The summed E-state index contributed by atoms with van der Waals surface area (Å²) in [6, 6.07) is 56.0. The number of hydrogen-bond donors (Lipinski definition) is 9. The number of carbonyl (C=O) groups is 5. The van der Waals surface area contributed by atoms with E-state index < -0.39 is 57.2 Å². The van der Waals surface area contributed by atoms with Crippen LogP contribution in [0.4, 0.5) is 17.1 Å². The van der Waals surface area contributed by atoms with Crippen molar-refractivity contribution in [2.75, 3.05) is 135 Å². The van der Waals surface area contributed by atoms with E-state index in [9.17, 15) is 72.0 Å². The molecule has 0 atom stereocenters. The van der Waals surface area contributed by atoms with Crippen molar-refractivity contribution in [1.82, 2.24) is 73.4 Å². The number of amides is 5. The minimum absolute atomic E-state index is 0.0619. The number of nitrogens with one attached hydrogen (secondary N) is 9. The third kappa shape index (κ3) is 25.5. The van der Waals surface area contributed by atoms with Crippen molar-refractivity contribution in [2.24, 2.45) is 11.8 Å². The Balaban J connectivity index is 0.000000189. The molecule has 3 saturated heterocycles. The number of hydrogen-bond acceptors (Lipinski definition) is 19. The minimum atomic E-state index is -3.71. The van der Waals surface area contributed by atoms with Crippen molar-refractivity contribution in [3.05, 3.63) is 248 Å². The number of sulfonamides is 4. The Kier molecular flexibility index (Phi) is 34.9. The molecule has 0 spiro atoms. The van der Waals surface area contributed by atoms with Crippen LogP contribution in [0, 0.1) is 11.8 Å². The summed E-state index contributed by atoms with van der Waals surface area (Å²) >= 11 is 0. The van der Waals surface area contributed by atoms with E-state index in [1.807, 2.05) is 86.6 Å². The molecule has 3 aromatic heterocycles. The SMILES string of the molecule is CCCS(=O)(=O)Nc1ccccc1-n1c(-c2ccccc2)c(C(=O)N2CCNCC2)n(CCCNC(=O)c2ccccc2)c1=O.CCCS(=O)(=O)Nc1ccccc1-n1c(-c2ccccc2)c(C(=O)N2CCNCC2)n(CCNC(=O)CC(C)C)c1=O.CCCS(=O)(=O)Nc1ccccc1-n1c(-c2ccccc2)c(C(=O)N2CCNCC2)n(CCNS(=O)(=O)CC(C)C)c1=O. The second kappa shape index (κ2) is 46.0. The molecule has 696 valence electrons. The zero-order chi connectivity index (χ0) is 93.3. The summed E-state index contributed by atoms with van der Waals surface area (Å²) in [6.07, 6.45) is 1.98. The van der Waals surface area contributed by atoms with Gasteiger partial charge in [-0.1, -0.05) is 194 Å². The lowest BCUT2D eigenvalue weighted by atomic mass is 10.1. The first kappa shape index (κ1) is 98.6. The van der Waals surface area contributed by atoms with Gasteiger partial charge in [0.25, 0.3) is 23.6 Å². The van der Waals surface area contributed by atoms with Crippen LogP contribution in [0.2, 0.25) is 0 Å². The maximum absolute atomic E-state index is 14.4. The number of imidazole rings is 3. The number of anilines is 3. The Bertz CT molecular complexity index is 6240. The number of piperazine rings is 3. The fourth-order valence-electron chi connectivity index (χ4n) is 15.6. The topological polar surface area (TPSA) is 421 Å². The molecular weight excluding hydrogens is 1740 g/mol. The standard InChI is InChI=1S/C33H38N6O5S.C30H40N6O5S.C29H40N6O6S2/c1-2-24-45(43,44)36-27-16-9-10-17-28(27)39-29(25-12-5-3-6-13-25)30(32(41)37-22-19-34-20-23-37)38(33(39)42)21-11-18-35-31(40)26-14-7-4-8-15-26;1-4-20-42(40,41)33-24-12-8-9-13-25(24)36-27(23-10-6-5-7-11-23)28(29(38)34-17-14-31-15-18-34)35(30(36)39)19-16-32-26(37)21-22(2)3;1-4-20-42(38,39)32-24-12-8-9-13-25(24)35-26(23-10-6-5-7-11-23)27(28(36)33-17-14-30-15-18-33)34(29(35)37)19-16-31-43(40,41)21-22(2)3/h3-10,12-17,34,36H,2,11,18-24H2,1H3,(H,35,40);5-13,22,31,33H,4,14-21H2,1-3H3,(H,32,37);5-13,22,30-32H,4,14-21H2,1-3H3. The van der Waals surface area contributed by atoms with Gasteiger partial charge in [0.15, 0.2) is 0 Å². The Morgan fingerprint density at radius 3 is 0.992 bits per heavy atom. The highest BCUT2D eigenvalue weighted by Crippen LogP contribution is 2.36. The molecule has 0 bridgehead atoms. The Labute approximate surface area is 759 Å². The van der Waals surface area contributed by atoms with Gasteiger partial charge in [-0.05, 0) is 86.1 Å². The molecule has 34 nitrogen and oxygen atoms in total. The van der Waals surface area contributed by atoms with Gasteiger partial charge in [0.05, 0.1) is 74.2 Å². The van der Waals surface area contributed by atoms with E-state index in [-0.39, 0.29) is 143 Å².